The van der Waals surface area contributed by atoms with Crippen molar-refractivity contribution < 1.29 is 4.79 Å². The van der Waals surface area contributed by atoms with Crippen molar-refractivity contribution in [2.75, 3.05) is 13.1 Å². The Kier molecular flexibility index (Phi) is 5.26. The molecule has 0 saturated heterocycles. The predicted molar refractivity (Wildman–Crippen MR) is 58.6 cm³/mol. The van der Waals surface area contributed by atoms with Crippen LogP contribution in [0.2, 0.25) is 0 Å². The average Bonchev–Trinajstić information content (AvgIpc) is 2.13. The molecule has 0 aliphatic heterocycles. The quantitative estimate of drug-likeness (QED) is 0.666. The first-order chi connectivity index (χ1) is 6.49. The maximum absolute atomic E-state index is 11.9. The Balaban J connectivity index is 4.49. The summed E-state index contributed by atoms with van der Waals surface area (Å²) in [5, 5.41) is 0. The highest BCUT2D eigenvalue weighted by atomic mass is 16.2. The summed E-state index contributed by atoms with van der Waals surface area (Å²) in [6.45, 7) is 6.62. The maximum Gasteiger partial charge on any atom is 0.243 e. The molecule has 3 heteroatoms. The van der Waals surface area contributed by atoms with Crippen LogP contribution in [-0.4, -0.2) is 29.4 Å². The van der Waals surface area contributed by atoms with Crippen LogP contribution in [0, 0.1) is 12.3 Å². The summed E-state index contributed by atoms with van der Waals surface area (Å²) in [5.41, 5.74) is 5.14. The van der Waals surface area contributed by atoms with Crippen LogP contribution in [0.25, 0.3) is 0 Å². The highest BCUT2D eigenvalue weighted by Gasteiger charge is 2.30. The molecule has 1 unspecified atom stereocenters. The van der Waals surface area contributed by atoms with Gasteiger partial charge in [-0.05, 0) is 20.3 Å². The third kappa shape index (κ3) is 3.39. The van der Waals surface area contributed by atoms with Gasteiger partial charge >= 0.3 is 0 Å². The van der Waals surface area contributed by atoms with E-state index in [2.05, 4.69) is 5.92 Å². The van der Waals surface area contributed by atoms with Crippen molar-refractivity contribution in [3.63, 3.8) is 0 Å². The number of carbonyl (C=O) groups is 1. The third-order valence-corrected chi connectivity index (χ3v) is 2.21. The Morgan fingerprint density at radius 1 is 1.57 bits per heavy atom. The van der Waals surface area contributed by atoms with Gasteiger partial charge in [-0.3, -0.25) is 4.79 Å². The van der Waals surface area contributed by atoms with Crippen molar-refractivity contribution in [1.82, 2.24) is 4.90 Å². The number of hydrogen-bond acceptors (Lipinski definition) is 2. The first-order valence-corrected chi connectivity index (χ1v) is 5.01. The Morgan fingerprint density at radius 3 is 2.50 bits per heavy atom. The van der Waals surface area contributed by atoms with Crippen LogP contribution in [0.1, 0.15) is 33.6 Å². The van der Waals surface area contributed by atoms with Gasteiger partial charge in [0.25, 0.3) is 0 Å². The van der Waals surface area contributed by atoms with E-state index in [4.69, 9.17) is 12.2 Å². The van der Waals surface area contributed by atoms with Crippen LogP contribution >= 0.6 is 0 Å². The van der Waals surface area contributed by atoms with Crippen molar-refractivity contribution in [3.8, 4) is 12.3 Å². The van der Waals surface area contributed by atoms with E-state index in [0.717, 1.165) is 6.42 Å². The second-order valence-corrected chi connectivity index (χ2v) is 3.69. The van der Waals surface area contributed by atoms with Gasteiger partial charge in [-0.2, -0.15) is 0 Å². The molecular formula is C11H20N2O. The smallest absolute Gasteiger partial charge is 0.243 e. The molecule has 0 aliphatic carbocycles. The van der Waals surface area contributed by atoms with Crippen LogP contribution < -0.4 is 5.73 Å². The van der Waals surface area contributed by atoms with E-state index in [1.807, 2.05) is 13.8 Å². The molecule has 0 aromatic carbocycles. The molecule has 0 rings (SSSR count). The molecule has 0 radical (unpaired) electrons. The van der Waals surface area contributed by atoms with Gasteiger partial charge in [0.1, 0.15) is 0 Å². The Labute approximate surface area is 86.6 Å². The largest absolute Gasteiger partial charge is 0.330 e. The van der Waals surface area contributed by atoms with Crippen LogP contribution in [0.3, 0.4) is 0 Å². The number of amides is 1. The number of nitrogens with two attached hydrogens (primary N) is 1. The van der Waals surface area contributed by atoms with Crippen LogP contribution in [0.5, 0.6) is 0 Å². The van der Waals surface area contributed by atoms with E-state index in [1.165, 1.54) is 0 Å². The van der Waals surface area contributed by atoms with Gasteiger partial charge in [0.15, 0.2) is 0 Å². The fraction of sp³-hybridized carbons (Fsp3) is 0.727. The molecule has 0 heterocycles. The second-order valence-electron chi connectivity index (χ2n) is 3.69. The summed E-state index contributed by atoms with van der Waals surface area (Å²) in [6, 6.07) is 0. The maximum atomic E-state index is 11.9. The molecule has 1 amide bonds. The predicted octanol–water partition coefficient (Wildman–Crippen LogP) is 0.986. The number of hydrogen-bond donors (Lipinski definition) is 1. The molecule has 2 N–H and O–H groups in total. The molecular weight excluding hydrogens is 176 g/mol. The molecule has 0 spiro atoms. The first-order valence-electron chi connectivity index (χ1n) is 5.01. The number of rotatable bonds is 5. The molecule has 3 nitrogen and oxygen atoms in total. The molecule has 1 atom stereocenters. The number of nitrogens with zero attached hydrogens (tertiary/aromatic N) is 1. The van der Waals surface area contributed by atoms with Crippen LogP contribution in [-0.2, 0) is 4.79 Å². The average molecular weight is 196 g/mol. The normalized spacial score (nSPS) is 14.2. The number of likely N-dealkylation sites (N-methyl/N-ethyl adjacent to an activating group) is 1. The molecule has 0 aliphatic rings. The van der Waals surface area contributed by atoms with E-state index >= 15 is 0 Å². The monoisotopic (exact) mass is 196 g/mol. The lowest BCUT2D eigenvalue weighted by Crippen LogP contribution is -2.53. The standard InChI is InChI=1S/C11H20N2O/c1-5-8-11(4,12)10(14)13(7-3)9-6-2/h2H,5,7-9,12H2,1,3-4H3. The zero-order valence-corrected chi connectivity index (χ0v) is 9.34. The van der Waals surface area contributed by atoms with Gasteiger partial charge in [0.05, 0.1) is 12.1 Å². The molecule has 14 heavy (non-hydrogen) atoms. The number of terminal acetylenes is 1. The van der Waals surface area contributed by atoms with Gasteiger partial charge in [0, 0.05) is 6.54 Å². The van der Waals surface area contributed by atoms with Gasteiger partial charge in [-0.25, -0.2) is 0 Å². The minimum Gasteiger partial charge on any atom is -0.330 e. The van der Waals surface area contributed by atoms with E-state index in [0.29, 0.717) is 19.5 Å². The Morgan fingerprint density at radius 2 is 2.14 bits per heavy atom. The summed E-state index contributed by atoms with van der Waals surface area (Å²) in [6.07, 6.45) is 6.76. The third-order valence-electron chi connectivity index (χ3n) is 2.21. The van der Waals surface area contributed by atoms with Crippen LogP contribution in [0.15, 0.2) is 0 Å². The highest BCUT2D eigenvalue weighted by Crippen LogP contribution is 2.12. The second kappa shape index (κ2) is 5.66. The molecule has 0 fully saturated rings. The van der Waals surface area contributed by atoms with Crippen molar-refractivity contribution >= 4 is 5.91 Å². The fourth-order valence-electron chi connectivity index (χ4n) is 1.42. The molecule has 0 aromatic heterocycles. The van der Waals surface area contributed by atoms with Gasteiger partial charge in [-0.1, -0.05) is 19.3 Å². The minimum absolute atomic E-state index is 0.0557. The zero-order chi connectivity index (χ0) is 11.2. The minimum atomic E-state index is -0.776. The number of carbonyl (C=O) groups excluding carboxylic acids is 1. The van der Waals surface area contributed by atoms with E-state index in [1.54, 1.807) is 11.8 Å². The Hall–Kier alpha value is -1.01. The van der Waals surface area contributed by atoms with E-state index < -0.39 is 5.54 Å². The SMILES string of the molecule is C#CCN(CC)C(=O)C(C)(N)CCC. The lowest BCUT2D eigenvalue weighted by molar-refractivity contribution is -0.135. The first kappa shape index (κ1) is 13.0. The van der Waals surface area contributed by atoms with E-state index in [-0.39, 0.29) is 5.91 Å². The summed E-state index contributed by atoms with van der Waals surface area (Å²) >= 11 is 0. The molecule has 0 bridgehead atoms. The highest BCUT2D eigenvalue weighted by molar-refractivity contribution is 5.85. The molecule has 80 valence electrons. The van der Waals surface area contributed by atoms with E-state index in [9.17, 15) is 4.79 Å². The zero-order valence-electron chi connectivity index (χ0n) is 9.34. The Bertz CT molecular complexity index is 228. The van der Waals surface area contributed by atoms with Gasteiger partial charge in [-0.15, -0.1) is 6.42 Å². The lowest BCUT2D eigenvalue weighted by atomic mass is 9.96. The fourth-order valence-corrected chi connectivity index (χ4v) is 1.42. The summed E-state index contributed by atoms with van der Waals surface area (Å²) in [5.74, 6) is 2.41. The van der Waals surface area contributed by atoms with Gasteiger partial charge in [0.2, 0.25) is 5.91 Å². The topological polar surface area (TPSA) is 46.3 Å². The van der Waals surface area contributed by atoms with Crippen LogP contribution in [0.4, 0.5) is 0 Å². The summed E-state index contributed by atoms with van der Waals surface area (Å²) < 4.78 is 0. The summed E-state index contributed by atoms with van der Waals surface area (Å²) in [4.78, 5) is 13.5. The molecule has 0 saturated carbocycles. The van der Waals surface area contributed by atoms with Crippen molar-refractivity contribution in [3.05, 3.63) is 0 Å². The van der Waals surface area contributed by atoms with Crippen molar-refractivity contribution in [2.24, 2.45) is 5.73 Å². The van der Waals surface area contributed by atoms with Crippen molar-refractivity contribution in [1.29, 1.82) is 0 Å². The van der Waals surface area contributed by atoms with Gasteiger partial charge < -0.3 is 10.6 Å². The molecule has 0 aromatic rings. The summed E-state index contributed by atoms with van der Waals surface area (Å²) in [7, 11) is 0. The lowest BCUT2D eigenvalue weighted by Gasteiger charge is -2.29. The van der Waals surface area contributed by atoms with Crippen molar-refractivity contribution in [2.45, 2.75) is 39.2 Å².